The number of rotatable bonds is 8. The van der Waals surface area contributed by atoms with Gasteiger partial charge in [-0.2, -0.15) is 5.10 Å². The number of halogens is 1. The Kier molecular flexibility index (Phi) is 7.37. The Bertz CT molecular complexity index is 1790. The van der Waals surface area contributed by atoms with Crippen molar-refractivity contribution in [2.45, 2.75) is 59.2 Å². The molecule has 4 aromatic rings. The Balaban J connectivity index is 1.33. The van der Waals surface area contributed by atoms with Gasteiger partial charge in [-0.3, -0.25) is 19.1 Å². The number of benzene rings is 1. The third kappa shape index (κ3) is 5.22. The fourth-order valence-corrected chi connectivity index (χ4v) is 6.67. The summed E-state index contributed by atoms with van der Waals surface area (Å²) in [5.74, 6) is 0.377. The molecule has 12 heteroatoms. The van der Waals surface area contributed by atoms with Crippen molar-refractivity contribution in [2.75, 3.05) is 19.0 Å². The number of aromatic nitrogens is 5. The first-order valence-electron chi connectivity index (χ1n) is 14.1. The van der Waals surface area contributed by atoms with Crippen LogP contribution in [-0.2, 0) is 20.9 Å². The standard InChI is InChI=1S/C31H32BrN7O4/c1-16-6-7-25(32)35-29(16)36-30(42)23-10-31(15-43-5)11-24(31)39(23)26(41)14-38-28-17(2)8-20(21-12-33-19(4)34-13-21)9-22(28)27(37-38)18(3)40/h6-9,12-13,23-24H,10-11,14-15H2,1-5H3,(H,35,36,42)/t23-,24+,31+/m0/s1. The highest BCUT2D eigenvalue weighted by Gasteiger charge is 2.67. The van der Waals surface area contributed by atoms with Crippen molar-refractivity contribution in [2.24, 2.45) is 5.41 Å². The number of ketones is 1. The van der Waals surface area contributed by atoms with Crippen molar-refractivity contribution in [3.63, 3.8) is 0 Å². The number of piperidine rings is 1. The van der Waals surface area contributed by atoms with E-state index in [0.29, 0.717) is 40.2 Å². The molecule has 2 aliphatic rings. The van der Waals surface area contributed by atoms with Crippen LogP contribution in [0.2, 0.25) is 0 Å². The summed E-state index contributed by atoms with van der Waals surface area (Å²) in [6.45, 7) is 7.43. The Morgan fingerprint density at radius 3 is 2.51 bits per heavy atom. The molecule has 1 N–H and O–H groups in total. The molecule has 0 bridgehead atoms. The lowest BCUT2D eigenvalue weighted by Crippen LogP contribution is -2.47. The van der Waals surface area contributed by atoms with E-state index in [2.05, 4.69) is 41.3 Å². The summed E-state index contributed by atoms with van der Waals surface area (Å²) < 4.78 is 7.70. The first-order chi connectivity index (χ1) is 20.5. The lowest BCUT2D eigenvalue weighted by molar-refractivity contribution is -0.138. The molecule has 0 radical (unpaired) electrons. The SMILES string of the molecule is COC[C@]12C[C@@H](C(=O)Nc3nc(Br)ccc3C)N(C(=O)Cn3nc(C(C)=O)c4cc(-c5cnc(C)nc5)cc(C)c43)[C@@H]1C2. The second kappa shape index (κ2) is 10.9. The van der Waals surface area contributed by atoms with Crippen LogP contribution in [0, 0.1) is 26.2 Å². The minimum Gasteiger partial charge on any atom is -0.384 e. The van der Waals surface area contributed by atoms with Crippen LogP contribution in [0.5, 0.6) is 0 Å². The summed E-state index contributed by atoms with van der Waals surface area (Å²) in [6.07, 6.45) is 4.76. The summed E-state index contributed by atoms with van der Waals surface area (Å²) in [5, 5.41) is 8.20. The number of hydrogen-bond donors (Lipinski definition) is 1. The van der Waals surface area contributed by atoms with E-state index in [4.69, 9.17) is 4.74 Å². The Morgan fingerprint density at radius 1 is 1.07 bits per heavy atom. The maximum Gasteiger partial charge on any atom is 0.248 e. The fourth-order valence-electron chi connectivity index (χ4n) is 6.36. The minimum atomic E-state index is -0.690. The van der Waals surface area contributed by atoms with Gasteiger partial charge in [0.05, 0.1) is 12.1 Å². The molecule has 1 aromatic carbocycles. The monoisotopic (exact) mass is 645 g/mol. The lowest BCUT2D eigenvalue weighted by Gasteiger charge is -2.27. The molecule has 1 saturated carbocycles. The molecule has 6 rings (SSSR count). The summed E-state index contributed by atoms with van der Waals surface area (Å²) in [5.41, 5.74) is 4.07. The van der Waals surface area contributed by atoms with Crippen molar-refractivity contribution in [3.05, 3.63) is 63.9 Å². The molecule has 2 amide bonds. The highest BCUT2D eigenvalue weighted by molar-refractivity contribution is 9.10. The number of fused-ring (bicyclic) bond motifs is 2. The molecule has 0 spiro atoms. The van der Waals surface area contributed by atoms with Crippen LogP contribution in [-0.4, -0.2) is 73.0 Å². The van der Waals surface area contributed by atoms with Gasteiger partial charge in [0.1, 0.15) is 34.5 Å². The Morgan fingerprint density at radius 2 is 1.81 bits per heavy atom. The molecular formula is C31H32BrN7O4. The van der Waals surface area contributed by atoms with E-state index < -0.39 is 6.04 Å². The van der Waals surface area contributed by atoms with Gasteiger partial charge in [0.15, 0.2) is 5.78 Å². The first-order valence-corrected chi connectivity index (χ1v) is 14.9. The van der Waals surface area contributed by atoms with Crippen molar-refractivity contribution >= 4 is 50.2 Å². The van der Waals surface area contributed by atoms with Crippen LogP contribution in [0.4, 0.5) is 5.82 Å². The van der Waals surface area contributed by atoms with Crippen molar-refractivity contribution in [3.8, 4) is 11.1 Å². The maximum absolute atomic E-state index is 14.1. The van der Waals surface area contributed by atoms with Gasteiger partial charge in [-0.25, -0.2) is 15.0 Å². The molecule has 11 nitrogen and oxygen atoms in total. The van der Waals surface area contributed by atoms with E-state index in [1.807, 2.05) is 45.0 Å². The molecular weight excluding hydrogens is 614 g/mol. The summed E-state index contributed by atoms with van der Waals surface area (Å²) >= 11 is 3.36. The third-order valence-corrected chi connectivity index (χ3v) is 8.95. The number of carbonyl (C=O) groups excluding carboxylic acids is 3. The number of carbonyl (C=O) groups is 3. The number of anilines is 1. The van der Waals surface area contributed by atoms with Crippen molar-refractivity contribution in [1.82, 2.24) is 29.6 Å². The molecule has 1 aliphatic heterocycles. The molecule has 3 aromatic heterocycles. The third-order valence-electron chi connectivity index (χ3n) is 8.51. The normalized spacial score (nSPS) is 20.7. The minimum absolute atomic E-state index is 0.115. The van der Waals surface area contributed by atoms with Gasteiger partial charge in [-0.1, -0.05) is 6.07 Å². The van der Waals surface area contributed by atoms with Gasteiger partial charge < -0.3 is 15.0 Å². The zero-order chi connectivity index (χ0) is 30.6. The Labute approximate surface area is 257 Å². The molecule has 2 fully saturated rings. The van der Waals surface area contributed by atoms with E-state index in [-0.39, 0.29) is 41.3 Å². The predicted octanol–water partition coefficient (Wildman–Crippen LogP) is 4.42. The van der Waals surface area contributed by atoms with Gasteiger partial charge in [0, 0.05) is 48.8 Å². The Hall–Kier alpha value is -4.03. The van der Waals surface area contributed by atoms with Gasteiger partial charge in [0.2, 0.25) is 11.8 Å². The van der Waals surface area contributed by atoms with E-state index in [0.717, 1.165) is 28.7 Å². The zero-order valence-corrected chi connectivity index (χ0v) is 26.2. The zero-order valence-electron chi connectivity index (χ0n) is 24.6. The van der Waals surface area contributed by atoms with Crippen LogP contribution in [0.1, 0.15) is 47.2 Å². The molecule has 222 valence electrons. The van der Waals surface area contributed by atoms with E-state index in [9.17, 15) is 14.4 Å². The summed E-state index contributed by atoms with van der Waals surface area (Å²) in [7, 11) is 1.64. The quantitative estimate of drug-likeness (QED) is 0.220. The number of pyridine rings is 1. The van der Waals surface area contributed by atoms with Crippen molar-refractivity contribution < 1.29 is 19.1 Å². The smallest absolute Gasteiger partial charge is 0.248 e. The average molecular weight is 647 g/mol. The highest BCUT2D eigenvalue weighted by Crippen LogP contribution is 2.59. The van der Waals surface area contributed by atoms with Gasteiger partial charge in [-0.05, 0) is 84.4 Å². The largest absolute Gasteiger partial charge is 0.384 e. The second-order valence-corrected chi connectivity index (χ2v) is 12.4. The van der Waals surface area contributed by atoms with Crippen molar-refractivity contribution in [1.29, 1.82) is 0 Å². The highest BCUT2D eigenvalue weighted by atomic mass is 79.9. The molecule has 1 aliphatic carbocycles. The molecule has 43 heavy (non-hydrogen) atoms. The van der Waals surface area contributed by atoms with Gasteiger partial charge in [0.25, 0.3) is 0 Å². The molecule has 1 saturated heterocycles. The van der Waals surface area contributed by atoms with Gasteiger partial charge >= 0.3 is 0 Å². The van der Waals surface area contributed by atoms with E-state index in [1.165, 1.54) is 6.92 Å². The van der Waals surface area contributed by atoms with Crippen LogP contribution in [0.25, 0.3) is 22.0 Å². The van der Waals surface area contributed by atoms with E-state index >= 15 is 0 Å². The first kappa shape index (κ1) is 29.1. The molecule has 3 atom stereocenters. The van der Waals surface area contributed by atoms with Crippen LogP contribution < -0.4 is 5.32 Å². The van der Waals surface area contributed by atoms with E-state index in [1.54, 1.807) is 29.1 Å². The number of nitrogens with one attached hydrogen (secondary N) is 1. The molecule has 4 heterocycles. The topological polar surface area (TPSA) is 132 Å². The number of aryl methyl sites for hydroxylation is 3. The second-order valence-electron chi connectivity index (χ2n) is 11.6. The number of hydrogen-bond acceptors (Lipinski definition) is 8. The number of ether oxygens (including phenoxy) is 1. The average Bonchev–Trinajstić information content (AvgIpc) is 3.35. The maximum atomic E-state index is 14.1. The predicted molar refractivity (Wildman–Crippen MR) is 164 cm³/mol. The number of methoxy groups -OCH3 is 1. The molecule has 0 unspecified atom stereocenters. The van der Waals surface area contributed by atoms with Crippen LogP contribution in [0.15, 0.2) is 41.3 Å². The lowest BCUT2D eigenvalue weighted by atomic mass is 10.00. The number of Topliss-reactive ketones (excluding diaryl/α,β-unsaturated/α-hetero) is 1. The summed E-state index contributed by atoms with van der Waals surface area (Å²) in [4.78, 5) is 55.1. The number of amides is 2. The fraction of sp³-hybridized carbons (Fsp3) is 0.387. The van der Waals surface area contributed by atoms with Crippen LogP contribution in [0.3, 0.4) is 0 Å². The van der Waals surface area contributed by atoms with Gasteiger partial charge in [-0.15, -0.1) is 0 Å². The number of likely N-dealkylation sites (tertiary alicyclic amines) is 1. The van der Waals surface area contributed by atoms with Crippen LogP contribution >= 0.6 is 15.9 Å². The number of nitrogens with zero attached hydrogens (tertiary/aromatic N) is 6. The summed E-state index contributed by atoms with van der Waals surface area (Å²) in [6, 6.07) is 6.74.